The number of aromatic nitrogens is 6. The lowest BCUT2D eigenvalue weighted by Crippen LogP contribution is -2.35. The summed E-state index contributed by atoms with van der Waals surface area (Å²) in [7, 11) is -3.86. The van der Waals surface area contributed by atoms with E-state index in [-0.39, 0.29) is 17.0 Å². The van der Waals surface area contributed by atoms with E-state index in [0.717, 1.165) is 5.52 Å². The first-order chi connectivity index (χ1) is 18.1. The lowest BCUT2D eigenvalue weighted by molar-refractivity contribution is 0.0289. The number of benzene rings is 1. The number of ether oxygens (including phenoxy) is 1. The molecule has 11 nitrogen and oxygen atoms in total. The van der Waals surface area contributed by atoms with Crippen LogP contribution in [-0.4, -0.2) is 66.6 Å². The minimum absolute atomic E-state index is 0.132. The molecule has 196 valence electrons. The summed E-state index contributed by atoms with van der Waals surface area (Å²) >= 11 is 0. The summed E-state index contributed by atoms with van der Waals surface area (Å²) in [6.07, 6.45) is 6.78. The van der Waals surface area contributed by atoms with Gasteiger partial charge in [0.15, 0.2) is 17.3 Å². The molecule has 4 aromatic heterocycles. The monoisotopic (exact) mass is 533 g/mol. The fourth-order valence-electron chi connectivity index (χ4n) is 4.90. The van der Waals surface area contributed by atoms with Crippen LogP contribution in [0, 0.1) is 0 Å². The minimum Gasteiger partial charge on any atom is -0.444 e. The molecule has 1 atom stereocenters. The van der Waals surface area contributed by atoms with E-state index in [1.165, 1.54) is 10.2 Å². The Morgan fingerprint density at radius 2 is 1.92 bits per heavy atom. The molecule has 12 heteroatoms. The second-order valence-corrected chi connectivity index (χ2v) is 12.1. The normalized spacial score (nSPS) is 16.5. The molecule has 0 spiro atoms. The quantitative estimate of drug-likeness (QED) is 0.367. The van der Waals surface area contributed by atoms with Crippen molar-refractivity contribution in [2.24, 2.45) is 0 Å². The third-order valence-electron chi connectivity index (χ3n) is 6.52. The Kier molecular flexibility index (Phi) is 5.53. The van der Waals surface area contributed by atoms with Crippen molar-refractivity contribution in [2.75, 3.05) is 13.1 Å². The molecule has 1 amide bonds. The number of carbonyl (C=O) groups excluding carboxylic acids is 1. The lowest BCUT2D eigenvalue weighted by Gasteiger charge is -2.24. The van der Waals surface area contributed by atoms with Gasteiger partial charge in [0.1, 0.15) is 11.1 Å². The van der Waals surface area contributed by atoms with Gasteiger partial charge < -0.3 is 19.2 Å². The summed E-state index contributed by atoms with van der Waals surface area (Å²) in [5.41, 5.74) is 1.05. The molecule has 6 rings (SSSR count). The van der Waals surface area contributed by atoms with Crippen molar-refractivity contribution in [1.29, 1.82) is 0 Å². The van der Waals surface area contributed by atoms with E-state index >= 15 is 0 Å². The summed E-state index contributed by atoms with van der Waals surface area (Å²) in [5, 5.41) is 0.642. The minimum atomic E-state index is -3.86. The van der Waals surface area contributed by atoms with Crippen LogP contribution in [0.2, 0.25) is 0 Å². The second kappa shape index (κ2) is 8.69. The van der Waals surface area contributed by atoms with E-state index < -0.39 is 15.6 Å². The first-order valence-corrected chi connectivity index (χ1v) is 13.7. The van der Waals surface area contributed by atoms with Crippen LogP contribution >= 0.6 is 0 Å². The van der Waals surface area contributed by atoms with Gasteiger partial charge in [0.25, 0.3) is 10.0 Å². The van der Waals surface area contributed by atoms with Crippen molar-refractivity contribution in [3.63, 3.8) is 0 Å². The van der Waals surface area contributed by atoms with E-state index in [2.05, 4.69) is 15.0 Å². The van der Waals surface area contributed by atoms with Crippen molar-refractivity contribution >= 4 is 38.2 Å². The number of hydrogen-bond donors (Lipinski definition) is 1. The number of amides is 1. The predicted molar refractivity (Wildman–Crippen MR) is 141 cm³/mol. The van der Waals surface area contributed by atoms with Gasteiger partial charge in [-0.3, -0.25) is 0 Å². The van der Waals surface area contributed by atoms with Gasteiger partial charge in [0.2, 0.25) is 0 Å². The van der Waals surface area contributed by atoms with E-state index in [1.54, 1.807) is 59.9 Å². The Bertz CT molecular complexity index is 1750. The van der Waals surface area contributed by atoms with E-state index in [9.17, 15) is 13.2 Å². The highest BCUT2D eigenvalue weighted by molar-refractivity contribution is 7.90. The molecule has 1 aromatic carbocycles. The van der Waals surface area contributed by atoms with Gasteiger partial charge in [-0.05, 0) is 45.4 Å². The molecule has 0 radical (unpaired) electrons. The number of aromatic amines is 1. The zero-order valence-electron chi connectivity index (χ0n) is 21.2. The van der Waals surface area contributed by atoms with Gasteiger partial charge in [-0.1, -0.05) is 18.2 Å². The molecule has 5 heterocycles. The van der Waals surface area contributed by atoms with Gasteiger partial charge in [-0.25, -0.2) is 32.1 Å². The Morgan fingerprint density at radius 3 is 2.63 bits per heavy atom. The molecule has 0 bridgehead atoms. The second-order valence-electron chi connectivity index (χ2n) is 10.3. The van der Waals surface area contributed by atoms with Crippen LogP contribution in [-0.2, 0) is 14.8 Å². The fraction of sp³-hybridized carbons (Fsp3) is 0.308. The van der Waals surface area contributed by atoms with Gasteiger partial charge >= 0.3 is 6.09 Å². The van der Waals surface area contributed by atoms with Crippen molar-refractivity contribution in [2.45, 2.75) is 43.7 Å². The number of carbonyl (C=O) groups is 1. The number of nitrogens with zero attached hydrogens (tertiary/aromatic N) is 6. The summed E-state index contributed by atoms with van der Waals surface area (Å²) < 4.78 is 35.7. The molecule has 0 unspecified atom stereocenters. The highest BCUT2D eigenvalue weighted by Gasteiger charge is 2.34. The SMILES string of the molecule is CC(C)(C)OC(=O)N1CC[C@@H](n2c(-c3ncc[nH]3)nc3cnc4c(ccn4S(=O)(=O)c4ccccc4)c32)C1. The highest BCUT2D eigenvalue weighted by atomic mass is 32.2. The number of imidazole rings is 2. The van der Waals surface area contributed by atoms with Gasteiger partial charge in [0.05, 0.1) is 22.7 Å². The van der Waals surface area contributed by atoms with Crippen molar-refractivity contribution in [3.8, 4) is 11.6 Å². The number of H-pyrrole nitrogens is 1. The highest BCUT2D eigenvalue weighted by Crippen LogP contribution is 2.36. The van der Waals surface area contributed by atoms with E-state index in [4.69, 9.17) is 9.72 Å². The maximum Gasteiger partial charge on any atom is 0.410 e. The van der Waals surface area contributed by atoms with Crippen LogP contribution in [0.5, 0.6) is 0 Å². The van der Waals surface area contributed by atoms with Crippen LogP contribution in [0.25, 0.3) is 33.7 Å². The third-order valence-corrected chi connectivity index (χ3v) is 8.20. The molecule has 1 aliphatic heterocycles. The van der Waals surface area contributed by atoms with Gasteiger partial charge in [0, 0.05) is 37.1 Å². The van der Waals surface area contributed by atoms with Crippen LogP contribution in [0.4, 0.5) is 4.79 Å². The zero-order chi connectivity index (χ0) is 26.7. The lowest BCUT2D eigenvalue weighted by atomic mass is 10.2. The average molecular weight is 534 g/mol. The first-order valence-electron chi connectivity index (χ1n) is 12.3. The Morgan fingerprint density at radius 1 is 1.13 bits per heavy atom. The summed E-state index contributed by atoms with van der Waals surface area (Å²) in [5.74, 6) is 1.16. The van der Waals surface area contributed by atoms with Gasteiger partial charge in [-0.2, -0.15) is 0 Å². The predicted octanol–water partition coefficient (Wildman–Crippen LogP) is 4.20. The number of hydrogen-bond acceptors (Lipinski definition) is 7. The van der Waals surface area contributed by atoms with Crippen LogP contribution in [0.3, 0.4) is 0 Å². The van der Waals surface area contributed by atoms with Crippen molar-refractivity contribution < 1.29 is 17.9 Å². The third kappa shape index (κ3) is 4.01. The van der Waals surface area contributed by atoms with Crippen LogP contribution in [0.15, 0.2) is 66.1 Å². The number of nitrogens with one attached hydrogen (secondary N) is 1. The van der Waals surface area contributed by atoms with Gasteiger partial charge in [-0.15, -0.1) is 0 Å². The Hall–Kier alpha value is -4.19. The largest absolute Gasteiger partial charge is 0.444 e. The Labute approximate surface area is 219 Å². The number of rotatable bonds is 4. The molecular formula is C26H27N7O4S. The molecule has 1 fully saturated rings. The molecule has 1 saturated heterocycles. The fourth-order valence-corrected chi connectivity index (χ4v) is 6.23. The number of fused-ring (bicyclic) bond motifs is 3. The van der Waals surface area contributed by atoms with Crippen LogP contribution < -0.4 is 0 Å². The maximum atomic E-state index is 13.4. The molecule has 5 aromatic rings. The molecular weight excluding hydrogens is 506 g/mol. The average Bonchev–Trinajstić information content (AvgIpc) is 3.67. The number of likely N-dealkylation sites (tertiary alicyclic amines) is 1. The van der Waals surface area contributed by atoms with E-state index in [1.807, 2.05) is 25.3 Å². The topological polar surface area (TPSA) is 128 Å². The van der Waals surface area contributed by atoms with E-state index in [0.29, 0.717) is 47.7 Å². The molecule has 38 heavy (non-hydrogen) atoms. The zero-order valence-corrected chi connectivity index (χ0v) is 22.0. The maximum absolute atomic E-state index is 13.4. The molecule has 0 aliphatic carbocycles. The number of pyridine rings is 1. The summed E-state index contributed by atoms with van der Waals surface area (Å²) in [6.45, 7) is 6.47. The van der Waals surface area contributed by atoms with Crippen molar-refractivity contribution in [3.05, 3.63) is 61.2 Å². The molecule has 1 N–H and O–H groups in total. The van der Waals surface area contributed by atoms with Crippen molar-refractivity contribution in [1.82, 2.24) is 33.4 Å². The standard InChI is InChI=1S/C26H27N7O4S/c1-26(2,3)37-25(34)31-13-9-17(16-31)33-21-19-10-14-32(38(35,36)18-7-5-4-6-8-18)23(19)29-15-20(21)30-24(33)22-27-11-12-28-22/h4-8,10-12,14-15,17H,9,13,16H2,1-3H3,(H,27,28)/t17-/m1/s1. The smallest absolute Gasteiger partial charge is 0.410 e. The molecule has 1 aliphatic rings. The summed E-state index contributed by atoms with van der Waals surface area (Å²) in [6, 6.07) is 9.87. The first kappa shape index (κ1) is 24.2. The molecule has 0 saturated carbocycles. The summed E-state index contributed by atoms with van der Waals surface area (Å²) in [4.78, 5) is 31.5. The van der Waals surface area contributed by atoms with Crippen LogP contribution in [0.1, 0.15) is 33.2 Å². The Balaban J connectivity index is 1.50.